The van der Waals surface area contributed by atoms with Gasteiger partial charge >= 0.3 is 6.16 Å². The third-order valence-corrected chi connectivity index (χ3v) is 8.03. The van der Waals surface area contributed by atoms with Gasteiger partial charge in [0.15, 0.2) is 0 Å². The fourth-order valence-electron chi connectivity index (χ4n) is 4.07. The topological polar surface area (TPSA) is 185 Å². The van der Waals surface area contributed by atoms with Crippen LogP contribution in [0.2, 0.25) is 0 Å². The van der Waals surface area contributed by atoms with Crippen LogP contribution in [0.1, 0.15) is 27.9 Å². The largest absolute Gasteiger partial charge is 0.514 e. The van der Waals surface area contributed by atoms with Crippen LogP contribution in [-0.4, -0.2) is 51.1 Å². The van der Waals surface area contributed by atoms with Crippen LogP contribution in [0.15, 0.2) is 94.7 Å². The van der Waals surface area contributed by atoms with Crippen molar-refractivity contribution in [2.45, 2.75) is 29.4 Å². The zero-order valence-corrected chi connectivity index (χ0v) is 24.2. The number of nitrogens with one attached hydrogen (secondary N) is 2. The summed E-state index contributed by atoms with van der Waals surface area (Å²) in [5.74, 6) is 0.0424. The average Bonchev–Trinajstić information content (AvgIpc) is 2.97. The Labute approximate surface area is 248 Å². The molecule has 0 radical (unpaired) electrons. The van der Waals surface area contributed by atoms with Crippen LogP contribution in [0.3, 0.4) is 0 Å². The molecule has 43 heavy (non-hydrogen) atoms. The van der Waals surface area contributed by atoms with E-state index in [-0.39, 0.29) is 24.6 Å². The molecule has 0 aliphatic heterocycles. The predicted molar refractivity (Wildman–Crippen MR) is 156 cm³/mol. The van der Waals surface area contributed by atoms with Crippen molar-refractivity contribution in [1.29, 1.82) is 0 Å². The fourth-order valence-corrected chi connectivity index (χ4v) is 5.40. The fraction of sp³-hybridized carbons (Fsp3) is 0.172. The lowest BCUT2D eigenvalue weighted by Crippen LogP contribution is -2.27. The molecule has 0 aliphatic rings. The summed E-state index contributed by atoms with van der Waals surface area (Å²) in [5.41, 5.74) is 1.15. The van der Waals surface area contributed by atoms with E-state index in [1.807, 2.05) is 30.3 Å². The normalized spacial score (nSPS) is 11.7. The van der Waals surface area contributed by atoms with Crippen LogP contribution in [0, 0.1) is 0 Å². The number of fused-ring (bicyclic) bond motifs is 1. The molecule has 14 heteroatoms. The monoisotopic (exact) mass is 628 g/mol. The van der Waals surface area contributed by atoms with Gasteiger partial charge < -0.3 is 20.1 Å². The van der Waals surface area contributed by atoms with Crippen LogP contribution < -0.4 is 15.4 Å². The number of carbonyl (C=O) groups excluding carboxylic acids is 2. The summed E-state index contributed by atoms with van der Waals surface area (Å²) in [6, 6.07) is 22.3. The van der Waals surface area contributed by atoms with E-state index < -0.39 is 36.2 Å². The molecule has 0 fully saturated rings. The SMILES string of the molecule is O=C(OCc1ccc(C(=O)NCCCNCc2ccc(S(=O)(=O)O)cc2S(=O)(=O)O)cc1)Oc1ccc2ccccc2c1. The van der Waals surface area contributed by atoms with Gasteiger partial charge in [-0.15, -0.1) is 0 Å². The number of hydrogen-bond donors (Lipinski definition) is 4. The van der Waals surface area contributed by atoms with Crippen molar-refractivity contribution < 1.29 is 45.0 Å². The lowest BCUT2D eigenvalue weighted by Gasteiger charge is -2.11. The van der Waals surface area contributed by atoms with Gasteiger partial charge in [0.05, 0.1) is 9.79 Å². The summed E-state index contributed by atoms with van der Waals surface area (Å²) in [5, 5.41) is 7.65. The molecule has 4 aromatic carbocycles. The van der Waals surface area contributed by atoms with E-state index in [9.17, 15) is 31.0 Å². The molecule has 12 nitrogen and oxygen atoms in total. The Morgan fingerprint density at radius 2 is 1.49 bits per heavy atom. The van der Waals surface area contributed by atoms with Crippen LogP contribution in [-0.2, 0) is 38.1 Å². The molecule has 0 saturated carbocycles. The summed E-state index contributed by atoms with van der Waals surface area (Å²) >= 11 is 0. The molecule has 0 spiro atoms. The minimum absolute atomic E-state index is 0.0197. The maximum atomic E-state index is 12.4. The minimum Gasteiger partial charge on any atom is -0.429 e. The van der Waals surface area contributed by atoms with Crippen LogP contribution in [0.5, 0.6) is 5.75 Å². The van der Waals surface area contributed by atoms with Crippen molar-refractivity contribution in [3.05, 3.63) is 102 Å². The van der Waals surface area contributed by atoms with Crippen LogP contribution in [0.4, 0.5) is 4.79 Å². The van der Waals surface area contributed by atoms with Gasteiger partial charge in [0.1, 0.15) is 12.4 Å². The number of benzene rings is 4. The minimum atomic E-state index is -4.74. The van der Waals surface area contributed by atoms with Crippen LogP contribution in [0.25, 0.3) is 10.8 Å². The van der Waals surface area contributed by atoms with Crippen LogP contribution >= 0.6 is 0 Å². The van der Waals surface area contributed by atoms with Gasteiger partial charge in [-0.1, -0.05) is 48.5 Å². The molecule has 1 amide bonds. The zero-order chi connectivity index (χ0) is 31.0. The third kappa shape index (κ3) is 9.07. The van der Waals surface area contributed by atoms with Crippen molar-refractivity contribution in [1.82, 2.24) is 10.6 Å². The van der Waals surface area contributed by atoms with Gasteiger partial charge in [-0.2, -0.15) is 16.8 Å². The Balaban J connectivity index is 1.18. The highest BCUT2D eigenvalue weighted by Crippen LogP contribution is 2.22. The van der Waals surface area contributed by atoms with E-state index >= 15 is 0 Å². The summed E-state index contributed by atoms with van der Waals surface area (Å²) < 4.78 is 74.8. The van der Waals surface area contributed by atoms with E-state index in [0.717, 1.165) is 16.8 Å². The molecule has 0 aromatic heterocycles. The summed E-state index contributed by atoms with van der Waals surface area (Å²) in [6.45, 7) is 0.590. The Kier molecular flexibility index (Phi) is 10.1. The first kappa shape index (κ1) is 31.6. The summed E-state index contributed by atoms with van der Waals surface area (Å²) in [6.07, 6.45) is -0.378. The van der Waals surface area contributed by atoms with Crippen molar-refractivity contribution >= 4 is 43.1 Å². The average molecular weight is 629 g/mol. The molecule has 0 bridgehead atoms. The van der Waals surface area contributed by atoms with Crippen molar-refractivity contribution in [2.75, 3.05) is 13.1 Å². The van der Waals surface area contributed by atoms with E-state index in [4.69, 9.17) is 14.0 Å². The Bertz CT molecular complexity index is 1840. The molecule has 0 aliphatic carbocycles. The van der Waals surface area contributed by atoms with Gasteiger partial charge in [-0.3, -0.25) is 13.9 Å². The van der Waals surface area contributed by atoms with Gasteiger partial charge in [-0.25, -0.2) is 4.79 Å². The molecule has 4 rings (SSSR count). The molecule has 4 N–H and O–H groups in total. The number of ether oxygens (including phenoxy) is 2. The van der Waals surface area contributed by atoms with E-state index in [1.165, 1.54) is 6.07 Å². The van der Waals surface area contributed by atoms with Crippen molar-refractivity contribution in [2.24, 2.45) is 0 Å². The molecular weight excluding hydrogens is 600 g/mol. The predicted octanol–water partition coefficient (Wildman–Crippen LogP) is 3.96. The first-order valence-electron chi connectivity index (χ1n) is 12.9. The first-order valence-corrected chi connectivity index (χ1v) is 15.8. The van der Waals surface area contributed by atoms with Gasteiger partial charge in [-0.05, 0) is 71.3 Å². The quantitative estimate of drug-likeness (QED) is 0.0770. The maximum absolute atomic E-state index is 12.4. The highest BCUT2D eigenvalue weighted by molar-refractivity contribution is 7.86. The number of carbonyl (C=O) groups is 2. The zero-order valence-electron chi connectivity index (χ0n) is 22.6. The molecule has 0 unspecified atom stereocenters. The van der Waals surface area contributed by atoms with E-state index in [0.29, 0.717) is 42.5 Å². The molecular formula is C29H28N2O10S2. The van der Waals surface area contributed by atoms with Crippen molar-refractivity contribution in [3.63, 3.8) is 0 Å². The van der Waals surface area contributed by atoms with Crippen molar-refractivity contribution in [3.8, 4) is 5.75 Å². The highest BCUT2D eigenvalue weighted by Gasteiger charge is 2.20. The van der Waals surface area contributed by atoms with Gasteiger partial charge in [0, 0.05) is 18.7 Å². The van der Waals surface area contributed by atoms with Gasteiger partial charge in [0.25, 0.3) is 26.1 Å². The second kappa shape index (κ2) is 13.8. The Morgan fingerprint density at radius 1 is 0.767 bits per heavy atom. The van der Waals surface area contributed by atoms with E-state index in [2.05, 4.69) is 10.6 Å². The second-order valence-corrected chi connectivity index (χ2v) is 12.2. The number of rotatable bonds is 12. The third-order valence-electron chi connectivity index (χ3n) is 6.24. The molecule has 226 valence electrons. The molecule has 0 atom stereocenters. The molecule has 0 saturated heterocycles. The lowest BCUT2D eigenvalue weighted by atomic mass is 10.1. The summed E-state index contributed by atoms with van der Waals surface area (Å²) in [7, 11) is -9.39. The Hall–Kier alpha value is -4.34. The smallest absolute Gasteiger partial charge is 0.429 e. The number of amides is 1. The number of hydrogen-bond acceptors (Lipinski definition) is 9. The van der Waals surface area contributed by atoms with E-state index in [1.54, 1.807) is 36.4 Å². The standard InChI is InChI=1S/C29H28N2O10S2/c32-28(31-15-3-14-30-18-24-11-13-26(42(34,35)36)17-27(24)43(37,38)39)22-8-6-20(7-9-22)19-40-29(33)41-25-12-10-21-4-1-2-5-23(21)16-25/h1-2,4-13,16-17,30H,3,14-15,18-19H2,(H,31,32)(H,34,35,36)(H,37,38,39). The highest BCUT2D eigenvalue weighted by atomic mass is 32.2. The Morgan fingerprint density at radius 3 is 2.19 bits per heavy atom. The first-order chi connectivity index (χ1) is 20.4. The van der Waals surface area contributed by atoms with Gasteiger partial charge in [0.2, 0.25) is 0 Å². The molecule has 0 heterocycles. The molecule has 4 aromatic rings. The lowest BCUT2D eigenvalue weighted by molar-refractivity contribution is 0.0921. The second-order valence-electron chi connectivity index (χ2n) is 9.35. The maximum Gasteiger partial charge on any atom is 0.514 e. The summed E-state index contributed by atoms with van der Waals surface area (Å²) in [4.78, 5) is 23.2.